The Morgan fingerprint density at radius 2 is 1.02 bits per heavy atom. The van der Waals surface area contributed by atoms with E-state index in [1.807, 2.05) is 26.3 Å². The molecule has 2 N–H and O–H groups in total. The van der Waals surface area contributed by atoms with Crippen LogP contribution in [0.4, 0.5) is 0 Å². The van der Waals surface area contributed by atoms with Crippen LogP contribution < -0.4 is 10.2 Å². The summed E-state index contributed by atoms with van der Waals surface area (Å²) in [7, 11) is 0. The molecule has 0 saturated heterocycles. The first kappa shape index (κ1) is 41.8. The van der Waals surface area contributed by atoms with Crippen LogP contribution in [0.2, 0.25) is 0 Å². The second-order valence-electron chi connectivity index (χ2n) is 14.1. The van der Waals surface area contributed by atoms with Crippen LogP contribution in [0.3, 0.4) is 0 Å². The molecule has 1 aliphatic rings. The molecule has 251 valence electrons. The van der Waals surface area contributed by atoms with Crippen molar-refractivity contribution in [3.8, 4) is 11.5 Å². The number of carbonyl (C=O) groups excluding carboxylic acids is 2. The molecule has 0 aliphatic heterocycles. The van der Waals surface area contributed by atoms with Gasteiger partial charge in [0.15, 0.2) is 0 Å². The predicted octanol–water partition coefficient (Wildman–Crippen LogP) is 5.25. The number of carboxylic acid groups (broad SMARTS) is 2. The molecular weight excluding hydrogens is 615 g/mol. The second-order valence-corrected chi connectivity index (χ2v) is 14.1. The van der Waals surface area contributed by atoms with E-state index in [1.54, 1.807) is 0 Å². The molecule has 9 heteroatoms. The van der Waals surface area contributed by atoms with E-state index in [-0.39, 0.29) is 39.7 Å². The van der Waals surface area contributed by atoms with Crippen LogP contribution >= 0.6 is 0 Å². The van der Waals surface area contributed by atoms with Gasteiger partial charge in [-0.2, -0.15) is 0 Å². The van der Waals surface area contributed by atoms with Crippen LogP contribution in [0, 0.1) is 24.7 Å². The monoisotopic (exact) mass is 667 g/mol. The molecule has 0 amide bonds. The molecule has 2 unspecified atom stereocenters. The van der Waals surface area contributed by atoms with Gasteiger partial charge in [0.05, 0.1) is 12.1 Å². The van der Waals surface area contributed by atoms with Crippen molar-refractivity contribution in [3.63, 3.8) is 0 Å². The molecule has 1 saturated carbocycles. The van der Waals surface area contributed by atoms with E-state index < -0.39 is 11.9 Å². The molecule has 1 fully saturated rings. The number of nitrogens with zero attached hydrogens (tertiary/aromatic N) is 2. The second kappa shape index (κ2) is 18.7. The first-order valence-electron chi connectivity index (χ1n) is 15.2. The van der Waals surface area contributed by atoms with Gasteiger partial charge in [-0.15, -0.1) is 0 Å². The maximum atomic E-state index is 10.7. The van der Waals surface area contributed by atoms with E-state index in [2.05, 4.69) is 65.8 Å². The molecule has 0 aromatic heterocycles. The number of aliphatic imine (C=N–C) groups is 2. The van der Waals surface area contributed by atoms with Gasteiger partial charge in [0.2, 0.25) is 0 Å². The van der Waals surface area contributed by atoms with Crippen LogP contribution in [-0.2, 0) is 39.2 Å². The third kappa shape index (κ3) is 17.2. The van der Waals surface area contributed by atoms with Crippen molar-refractivity contribution >= 4 is 24.4 Å². The fourth-order valence-corrected chi connectivity index (χ4v) is 5.19. The summed E-state index contributed by atoms with van der Waals surface area (Å²) in [4.78, 5) is 27.6. The van der Waals surface area contributed by atoms with Crippen molar-refractivity contribution in [2.24, 2.45) is 20.8 Å². The number of aromatic hydroxyl groups is 2. The fourth-order valence-electron chi connectivity index (χ4n) is 5.19. The van der Waals surface area contributed by atoms with Gasteiger partial charge in [-0.25, -0.2) is 0 Å². The van der Waals surface area contributed by atoms with Crippen LogP contribution in [-0.4, -0.2) is 46.7 Å². The third-order valence-corrected chi connectivity index (χ3v) is 6.75. The number of rotatable bonds is 6. The van der Waals surface area contributed by atoms with Gasteiger partial charge in [0.25, 0.3) is 0 Å². The van der Waals surface area contributed by atoms with E-state index in [1.165, 1.54) is 11.1 Å². The van der Waals surface area contributed by atoms with Gasteiger partial charge in [-0.05, 0) is 98.6 Å². The van der Waals surface area contributed by atoms with E-state index in [4.69, 9.17) is 29.8 Å². The van der Waals surface area contributed by atoms with Crippen molar-refractivity contribution in [3.05, 3.63) is 57.6 Å². The number of carboxylic acids is 2. The summed E-state index contributed by atoms with van der Waals surface area (Å²) < 4.78 is 0. The van der Waals surface area contributed by atoms with Gasteiger partial charge in [0.1, 0.15) is 11.5 Å². The predicted molar refractivity (Wildman–Crippen MR) is 175 cm³/mol. The van der Waals surface area contributed by atoms with Gasteiger partial charge >= 0.3 is 16.8 Å². The van der Waals surface area contributed by atoms with Gasteiger partial charge in [-0.3, -0.25) is 9.98 Å². The quantitative estimate of drug-likeness (QED) is 0.403. The zero-order valence-corrected chi connectivity index (χ0v) is 29.7. The Hall–Kier alpha value is -3.17. The van der Waals surface area contributed by atoms with Crippen molar-refractivity contribution in [1.82, 2.24) is 0 Å². The Balaban J connectivity index is 0.00000192. The molecular formula is C36H52CoN2O6. The Bertz CT molecular complexity index is 1210. The molecule has 0 heterocycles. The van der Waals surface area contributed by atoms with Gasteiger partial charge in [-0.1, -0.05) is 66.5 Å². The van der Waals surface area contributed by atoms with Crippen molar-refractivity contribution in [2.45, 2.75) is 120 Å². The number of hydrogen-bond acceptors (Lipinski definition) is 8. The molecule has 2 aromatic rings. The minimum absolute atomic E-state index is 0. The maximum absolute atomic E-state index is 10.7. The molecule has 2 atom stereocenters. The Labute approximate surface area is 280 Å². The summed E-state index contributed by atoms with van der Waals surface area (Å²) in [6.07, 6.45) is 9.81. The topological polar surface area (TPSA) is 145 Å². The molecule has 0 bridgehead atoms. The van der Waals surface area contributed by atoms with E-state index in [0.717, 1.165) is 74.6 Å². The van der Waals surface area contributed by atoms with Crippen LogP contribution in [0.5, 0.6) is 11.5 Å². The molecule has 1 aliphatic carbocycles. The standard InChI is InChI=1S/C32H46N2O2.2C2H4O2.Co/c1-21-13-23(17-31(3,4)5)15-25(29(21)35)19-33-27-11-9-10-12-28(27)34-20-26-16-24(18-32(6,7)8)14-22(2)30(26)36;2*1-2(3)4;/h13-16,19-20,27-28,35-36H,9-12,17-18H2,1-8H3;2*1H3,(H,3,4);/q;;;+2/p-2. The molecule has 0 spiro atoms. The summed E-state index contributed by atoms with van der Waals surface area (Å²) >= 11 is 0. The minimum atomic E-state index is -1.08. The Morgan fingerprint density at radius 3 is 1.29 bits per heavy atom. The number of phenolic OH excluding ortho intramolecular Hbond substituents is 2. The molecule has 2 aromatic carbocycles. The summed E-state index contributed by atoms with van der Waals surface area (Å²) in [5, 5.41) is 39.1. The smallest absolute Gasteiger partial charge is 0.550 e. The zero-order chi connectivity index (χ0) is 33.8. The number of phenols is 2. The van der Waals surface area contributed by atoms with Crippen molar-refractivity contribution in [1.29, 1.82) is 0 Å². The van der Waals surface area contributed by atoms with Crippen molar-refractivity contribution < 1.29 is 46.8 Å². The largest absolute Gasteiger partial charge is 2.00 e. The third-order valence-electron chi connectivity index (χ3n) is 6.75. The Kier molecular flexibility index (Phi) is 17.4. The van der Waals surface area contributed by atoms with Crippen molar-refractivity contribution in [2.75, 3.05) is 0 Å². The van der Waals surface area contributed by atoms with Crippen LogP contribution in [0.1, 0.15) is 114 Å². The number of aryl methyl sites for hydroxylation is 2. The number of benzene rings is 2. The summed E-state index contributed by atoms with van der Waals surface area (Å²) in [5.74, 6) is -1.55. The zero-order valence-electron chi connectivity index (χ0n) is 28.6. The van der Waals surface area contributed by atoms with E-state index in [0.29, 0.717) is 11.5 Å². The maximum Gasteiger partial charge on any atom is 2.00 e. The SMILES string of the molecule is CC(=O)[O-].CC(=O)[O-].Cc1cc(CC(C)(C)C)cc(C=NC2CCCCC2N=Cc2cc(CC(C)(C)C)cc(C)c2O)c1O.[Co+2]. The van der Waals surface area contributed by atoms with E-state index >= 15 is 0 Å². The first-order chi connectivity index (χ1) is 20.2. The average Bonchev–Trinajstić information content (AvgIpc) is 2.84. The summed E-state index contributed by atoms with van der Waals surface area (Å²) in [5.41, 5.74) is 6.13. The average molecular weight is 668 g/mol. The molecule has 8 nitrogen and oxygen atoms in total. The first-order valence-corrected chi connectivity index (χ1v) is 15.2. The fraction of sp³-hybridized carbons (Fsp3) is 0.556. The van der Waals surface area contributed by atoms with E-state index in [9.17, 15) is 10.2 Å². The van der Waals surface area contributed by atoms with Gasteiger partial charge in [0, 0.05) is 35.5 Å². The normalized spacial score (nSPS) is 16.7. The molecule has 1 radical (unpaired) electrons. The number of carbonyl (C=O) groups is 2. The molecule has 45 heavy (non-hydrogen) atoms. The van der Waals surface area contributed by atoms with Crippen LogP contribution in [0.25, 0.3) is 0 Å². The summed E-state index contributed by atoms with van der Waals surface area (Å²) in [6.45, 7) is 19.2. The minimum Gasteiger partial charge on any atom is -0.550 e. The molecule has 3 rings (SSSR count). The number of aliphatic carboxylic acids is 2. The van der Waals surface area contributed by atoms with Crippen LogP contribution in [0.15, 0.2) is 34.3 Å². The number of hydrogen-bond donors (Lipinski definition) is 2. The Morgan fingerprint density at radius 1 is 0.733 bits per heavy atom. The van der Waals surface area contributed by atoms with Gasteiger partial charge < -0.3 is 30.0 Å². The summed E-state index contributed by atoms with van der Waals surface area (Å²) in [6, 6.07) is 8.44.